The van der Waals surface area contributed by atoms with Crippen LogP contribution in [0.3, 0.4) is 0 Å². The number of amides is 2. The Morgan fingerprint density at radius 1 is 1.44 bits per heavy atom. The van der Waals surface area contributed by atoms with Crippen molar-refractivity contribution < 1.29 is 13.8 Å². The van der Waals surface area contributed by atoms with Crippen LogP contribution in [0, 0.1) is 5.92 Å². The number of nitrogens with one attached hydrogen (secondary N) is 1. The third-order valence-corrected chi connectivity index (χ3v) is 4.58. The van der Waals surface area contributed by atoms with Gasteiger partial charge in [0.05, 0.1) is 6.54 Å². The number of piperazine rings is 1. The molecule has 0 aromatic heterocycles. The Hall–Kier alpha value is -0.910. The molecule has 18 heavy (non-hydrogen) atoms. The van der Waals surface area contributed by atoms with Gasteiger partial charge in [0.15, 0.2) is 0 Å². The molecule has 6 heteroatoms. The summed E-state index contributed by atoms with van der Waals surface area (Å²) >= 11 is 0. The fourth-order valence-corrected chi connectivity index (χ4v) is 3.07. The third-order valence-electron chi connectivity index (χ3n) is 3.72. The van der Waals surface area contributed by atoms with Crippen LogP contribution in [0.4, 0.5) is 0 Å². The molecule has 5 nitrogen and oxygen atoms in total. The summed E-state index contributed by atoms with van der Waals surface area (Å²) in [6.45, 7) is 2.49. The number of carbonyl (C=O) groups is 2. The van der Waals surface area contributed by atoms with Gasteiger partial charge in [0.2, 0.25) is 11.8 Å². The van der Waals surface area contributed by atoms with Crippen LogP contribution < -0.4 is 5.32 Å². The monoisotopic (exact) mass is 272 g/mol. The zero-order valence-electron chi connectivity index (χ0n) is 10.9. The molecule has 102 valence electrons. The molecular formula is C12H20N2O3S. The second-order valence-corrected chi connectivity index (χ2v) is 6.94. The van der Waals surface area contributed by atoms with Crippen LogP contribution in [0.15, 0.2) is 0 Å². The number of hydrogen-bond donors (Lipinski definition) is 1. The molecule has 2 aliphatic rings. The average molecular weight is 272 g/mol. The molecule has 1 saturated carbocycles. The normalized spacial score (nSPS) is 30.2. The summed E-state index contributed by atoms with van der Waals surface area (Å²) in [7, 11) is -0.844. The van der Waals surface area contributed by atoms with Gasteiger partial charge >= 0.3 is 0 Å². The molecule has 2 amide bonds. The second kappa shape index (κ2) is 4.99. The summed E-state index contributed by atoms with van der Waals surface area (Å²) in [6.07, 6.45) is 4.35. The van der Waals surface area contributed by atoms with E-state index in [1.165, 1.54) is 0 Å². The maximum atomic E-state index is 12.4. The SMILES string of the molecule is CS(=O)CCCN1CC(=O)NC(C)(C2CC2)C1=O. The molecule has 1 N–H and O–H groups in total. The minimum atomic E-state index is -0.844. The lowest BCUT2D eigenvalue weighted by Crippen LogP contribution is -2.66. The lowest BCUT2D eigenvalue weighted by atomic mass is 9.91. The molecule has 0 spiro atoms. The highest BCUT2D eigenvalue weighted by Crippen LogP contribution is 2.41. The summed E-state index contributed by atoms with van der Waals surface area (Å²) in [5.74, 6) is 0.802. The van der Waals surface area contributed by atoms with Crippen molar-refractivity contribution in [2.24, 2.45) is 5.92 Å². The standard InChI is InChI=1S/C12H20N2O3S/c1-12(9-4-5-9)11(16)14(8-10(15)13-12)6-3-7-18(2)17/h9H,3-8H2,1-2H3,(H,13,15). The molecule has 1 aliphatic carbocycles. The highest BCUT2D eigenvalue weighted by atomic mass is 32.2. The summed E-state index contributed by atoms with van der Waals surface area (Å²) < 4.78 is 11.0. The van der Waals surface area contributed by atoms with E-state index in [1.807, 2.05) is 6.92 Å². The van der Waals surface area contributed by atoms with E-state index in [9.17, 15) is 13.8 Å². The smallest absolute Gasteiger partial charge is 0.248 e. The maximum Gasteiger partial charge on any atom is 0.248 e. The Morgan fingerprint density at radius 2 is 2.11 bits per heavy atom. The van der Waals surface area contributed by atoms with Crippen molar-refractivity contribution in [3.63, 3.8) is 0 Å². The first kappa shape index (κ1) is 13.5. The molecule has 2 atom stereocenters. The predicted molar refractivity (Wildman–Crippen MR) is 69.4 cm³/mol. The fourth-order valence-electron chi connectivity index (χ4n) is 2.53. The molecule has 2 fully saturated rings. The van der Waals surface area contributed by atoms with Crippen LogP contribution in [-0.4, -0.2) is 51.6 Å². The van der Waals surface area contributed by atoms with Gasteiger partial charge in [-0.05, 0) is 32.1 Å². The molecule has 2 unspecified atom stereocenters. The van der Waals surface area contributed by atoms with Gasteiger partial charge in [-0.1, -0.05) is 0 Å². The van der Waals surface area contributed by atoms with Crippen molar-refractivity contribution in [1.29, 1.82) is 0 Å². The third kappa shape index (κ3) is 2.74. The Kier molecular flexibility index (Phi) is 3.75. The van der Waals surface area contributed by atoms with Gasteiger partial charge in [-0.25, -0.2) is 0 Å². The van der Waals surface area contributed by atoms with E-state index in [2.05, 4.69) is 5.32 Å². The molecule has 1 heterocycles. The van der Waals surface area contributed by atoms with Crippen molar-refractivity contribution in [2.45, 2.75) is 31.7 Å². The molecule has 0 radical (unpaired) electrons. The number of hydrogen-bond acceptors (Lipinski definition) is 3. The first-order valence-corrected chi connectivity index (χ1v) is 8.06. The van der Waals surface area contributed by atoms with Gasteiger partial charge in [0, 0.05) is 29.4 Å². The van der Waals surface area contributed by atoms with Gasteiger partial charge in [-0.2, -0.15) is 0 Å². The van der Waals surface area contributed by atoms with Gasteiger partial charge < -0.3 is 10.2 Å². The minimum Gasteiger partial charge on any atom is -0.340 e. The largest absolute Gasteiger partial charge is 0.340 e. The Morgan fingerprint density at radius 3 is 2.67 bits per heavy atom. The van der Waals surface area contributed by atoms with Gasteiger partial charge in [-0.15, -0.1) is 0 Å². The van der Waals surface area contributed by atoms with Crippen LogP contribution in [0.25, 0.3) is 0 Å². The van der Waals surface area contributed by atoms with Crippen LogP contribution in [-0.2, 0) is 20.4 Å². The first-order valence-electron chi connectivity index (χ1n) is 6.34. The highest BCUT2D eigenvalue weighted by molar-refractivity contribution is 7.84. The molecule has 2 rings (SSSR count). The predicted octanol–water partition coefficient (Wildman–Crippen LogP) is -0.118. The quantitative estimate of drug-likeness (QED) is 0.759. The molecule has 0 aromatic carbocycles. The molecule has 0 aromatic rings. The van der Waals surface area contributed by atoms with E-state index in [1.54, 1.807) is 11.2 Å². The minimum absolute atomic E-state index is 0.0199. The van der Waals surface area contributed by atoms with E-state index < -0.39 is 16.3 Å². The Balaban J connectivity index is 1.99. The first-order chi connectivity index (χ1) is 8.43. The summed E-state index contributed by atoms with van der Waals surface area (Å²) in [5.41, 5.74) is -0.708. The molecule has 0 bridgehead atoms. The fraction of sp³-hybridized carbons (Fsp3) is 0.833. The van der Waals surface area contributed by atoms with E-state index >= 15 is 0 Å². The van der Waals surface area contributed by atoms with Crippen molar-refractivity contribution in [2.75, 3.05) is 25.1 Å². The Labute approximate surface area is 110 Å². The van der Waals surface area contributed by atoms with Crippen molar-refractivity contribution >= 4 is 22.6 Å². The van der Waals surface area contributed by atoms with E-state index in [4.69, 9.17) is 0 Å². The number of carbonyl (C=O) groups excluding carboxylic acids is 2. The Bertz CT molecular complexity index is 395. The topological polar surface area (TPSA) is 66.5 Å². The van der Waals surface area contributed by atoms with E-state index in [-0.39, 0.29) is 24.3 Å². The summed E-state index contributed by atoms with van der Waals surface area (Å²) in [5, 5.41) is 2.84. The lowest BCUT2D eigenvalue weighted by Gasteiger charge is -2.40. The molecular weight excluding hydrogens is 252 g/mol. The van der Waals surface area contributed by atoms with Crippen LogP contribution >= 0.6 is 0 Å². The van der Waals surface area contributed by atoms with Crippen LogP contribution in [0.5, 0.6) is 0 Å². The number of rotatable bonds is 5. The van der Waals surface area contributed by atoms with Crippen molar-refractivity contribution in [1.82, 2.24) is 10.2 Å². The molecule has 1 aliphatic heterocycles. The summed E-state index contributed by atoms with van der Waals surface area (Å²) in [6, 6.07) is 0. The molecule has 1 saturated heterocycles. The average Bonchev–Trinajstić information content (AvgIpc) is 3.08. The summed E-state index contributed by atoms with van der Waals surface area (Å²) in [4.78, 5) is 25.7. The zero-order valence-corrected chi connectivity index (χ0v) is 11.7. The van der Waals surface area contributed by atoms with Gasteiger partial charge in [0.25, 0.3) is 0 Å². The highest BCUT2D eigenvalue weighted by Gasteiger charge is 2.52. The van der Waals surface area contributed by atoms with Gasteiger partial charge in [0.1, 0.15) is 5.54 Å². The number of nitrogens with zero attached hydrogens (tertiary/aromatic N) is 1. The lowest BCUT2D eigenvalue weighted by molar-refractivity contribution is -0.150. The zero-order chi connectivity index (χ0) is 13.3. The van der Waals surface area contributed by atoms with Gasteiger partial charge in [-0.3, -0.25) is 13.8 Å². The van der Waals surface area contributed by atoms with Crippen LogP contribution in [0.2, 0.25) is 0 Å². The van der Waals surface area contributed by atoms with E-state index in [0.717, 1.165) is 12.8 Å². The van der Waals surface area contributed by atoms with Crippen LogP contribution in [0.1, 0.15) is 26.2 Å². The van der Waals surface area contributed by atoms with E-state index in [0.29, 0.717) is 18.7 Å². The van der Waals surface area contributed by atoms with Crippen molar-refractivity contribution in [3.05, 3.63) is 0 Å². The van der Waals surface area contributed by atoms with Crippen molar-refractivity contribution in [3.8, 4) is 0 Å². The second-order valence-electron chi connectivity index (χ2n) is 5.38. The maximum absolute atomic E-state index is 12.4.